The van der Waals surface area contributed by atoms with Crippen molar-refractivity contribution >= 4 is 17.5 Å². The molecule has 1 heterocycles. The Hall–Kier alpha value is -2.91. The molecular formula is C12H10F3N5O2. The monoisotopic (exact) mass is 313 g/mol. The number of hydrogen-bond acceptors (Lipinski definition) is 6. The van der Waals surface area contributed by atoms with Gasteiger partial charge in [-0.1, -0.05) is 12.1 Å². The molecule has 0 atom stereocenters. The van der Waals surface area contributed by atoms with E-state index in [2.05, 4.69) is 15.3 Å². The number of nitrogens with one attached hydrogen (secondary N) is 1. The fourth-order valence-corrected chi connectivity index (χ4v) is 1.65. The number of nitrogen functional groups attached to an aromatic ring is 1. The zero-order valence-electron chi connectivity index (χ0n) is 11.0. The van der Waals surface area contributed by atoms with Crippen molar-refractivity contribution in [3.05, 3.63) is 51.7 Å². The molecule has 0 saturated heterocycles. The van der Waals surface area contributed by atoms with Crippen molar-refractivity contribution in [2.45, 2.75) is 12.7 Å². The molecule has 0 unspecified atom stereocenters. The largest absolute Gasteiger partial charge is 0.416 e. The Kier molecular flexibility index (Phi) is 4.11. The van der Waals surface area contributed by atoms with Crippen LogP contribution in [-0.2, 0) is 12.7 Å². The summed E-state index contributed by atoms with van der Waals surface area (Å²) >= 11 is 0. The van der Waals surface area contributed by atoms with E-state index in [0.29, 0.717) is 5.56 Å². The van der Waals surface area contributed by atoms with Crippen LogP contribution >= 0.6 is 0 Å². The van der Waals surface area contributed by atoms with Gasteiger partial charge in [0.25, 0.3) is 0 Å². The third-order valence-corrected chi connectivity index (χ3v) is 2.70. The van der Waals surface area contributed by atoms with Gasteiger partial charge in [0.15, 0.2) is 0 Å². The van der Waals surface area contributed by atoms with E-state index in [1.165, 1.54) is 12.1 Å². The van der Waals surface area contributed by atoms with Crippen LogP contribution in [0.25, 0.3) is 0 Å². The van der Waals surface area contributed by atoms with Crippen LogP contribution in [0.4, 0.5) is 30.6 Å². The minimum Gasteiger partial charge on any atom is -0.378 e. The number of nitrogens with zero attached hydrogens (tertiary/aromatic N) is 3. The van der Waals surface area contributed by atoms with E-state index in [0.717, 1.165) is 18.3 Å². The fourth-order valence-electron chi connectivity index (χ4n) is 1.65. The zero-order chi connectivity index (χ0) is 16.3. The molecule has 0 aliphatic rings. The number of alkyl halides is 3. The molecule has 0 aliphatic carbocycles. The molecule has 2 aromatic rings. The molecule has 0 aliphatic heterocycles. The van der Waals surface area contributed by atoms with Gasteiger partial charge in [-0.25, -0.2) is 4.98 Å². The average molecular weight is 313 g/mol. The Balaban J connectivity index is 2.10. The molecule has 3 N–H and O–H groups in total. The molecule has 1 aromatic carbocycles. The Morgan fingerprint density at radius 1 is 1.36 bits per heavy atom. The second-order valence-electron chi connectivity index (χ2n) is 4.27. The van der Waals surface area contributed by atoms with Gasteiger partial charge in [0, 0.05) is 6.54 Å². The van der Waals surface area contributed by atoms with Crippen molar-refractivity contribution in [3.63, 3.8) is 0 Å². The summed E-state index contributed by atoms with van der Waals surface area (Å²) in [6, 6.07) is 4.73. The van der Waals surface area contributed by atoms with Gasteiger partial charge in [-0.15, -0.1) is 0 Å². The number of hydrogen-bond donors (Lipinski definition) is 2. The van der Waals surface area contributed by atoms with E-state index in [9.17, 15) is 23.3 Å². The molecule has 116 valence electrons. The SMILES string of the molecule is Nc1nc(NCc2cccc(C(F)(F)F)c2)ncc1[N+](=O)[O-]. The van der Waals surface area contributed by atoms with E-state index in [-0.39, 0.29) is 18.3 Å². The summed E-state index contributed by atoms with van der Waals surface area (Å²) < 4.78 is 37.7. The molecule has 0 amide bonds. The lowest BCUT2D eigenvalue weighted by Gasteiger charge is -2.09. The summed E-state index contributed by atoms with van der Waals surface area (Å²) in [7, 11) is 0. The van der Waals surface area contributed by atoms with Crippen molar-refractivity contribution < 1.29 is 18.1 Å². The van der Waals surface area contributed by atoms with Crippen molar-refractivity contribution in [1.82, 2.24) is 9.97 Å². The topological polar surface area (TPSA) is 107 Å². The number of halogens is 3. The lowest BCUT2D eigenvalue weighted by molar-refractivity contribution is -0.384. The van der Waals surface area contributed by atoms with E-state index < -0.39 is 22.4 Å². The molecule has 7 nitrogen and oxygen atoms in total. The van der Waals surface area contributed by atoms with Gasteiger partial charge in [0.05, 0.1) is 10.5 Å². The number of anilines is 2. The van der Waals surface area contributed by atoms with E-state index in [4.69, 9.17) is 5.73 Å². The molecule has 2 rings (SSSR count). The quantitative estimate of drug-likeness (QED) is 0.663. The van der Waals surface area contributed by atoms with Crippen LogP contribution < -0.4 is 11.1 Å². The lowest BCUT2D eigenvalue weighted by atomic mass is 10.1. The maximum absolute atomic E-state index is 12.6. The minimum absolute atomic E-state index is 0.0134. The molecule has 0 spiro atoms. The Labute approximate surface area is 122 Å². The van der Waals surface area contributed by atoms with Crippen molar-refractivity contribution in [1.29, 1.82) is 0 Å². The predicted octanol–water partition coefficient (Wildman–Crippen LogP) is 2.60. The molecule has 10 heteroatoms. The second kappa shape index (κ2) is 5.84. The summed E-state index contributed by atoms with van der Waals surface area (Å²) in [5.74, 6) is -0.341. The maximum atomic E-state index is 12.6. The fraction of sp³-hybridized carbons (Fsp3) is 0.167. The predicted molar refractivity (Wildman–Crippen MR) is 71.9 cm³/mol. The van der Waals surface area contributed by atoms with Crippen LogP contribution in [0.1, 0.15) is 11.1 Å². The third kappa shape index (κ3) is 3.59. The van der Waals surface area contributed by atoms with E-state index in [1.54, 1.807) is 0 Å². The Bertz CT molecular complexity index is 705. The lowest BCUT2D eigenvalue weighted by Crippen LogP contribution is -2.09. The third-order valence-electron chi connectivity index (χ3n) is 2.70. The first-order valence-corrected chi connectivity index (χ1v) is 5.94. The standard InChI is InChI=1S/C12H10F3N5O2/c13-12(14,15)8-3-1-2-7(4-8)5-17-11-18-6-9(20(21)22)10(16)19-11/h1-4,6H,5H2,(H3,16,17,18,19). The van der Waals surface area contributed by atoms with Gasteiger partial charge in [-0.2, -0.15) is 18.2 Å². The average Bonchev–Trinajstić information content (AvgIpc) is 2.44. The Morgan fingerprint density at radius 3 is 2.68 bits per heavy atom. The first kappa shape index (κ1) is 15.5. The smallest absolute Gasteiger partial charge is 0.378 e. The number of nitrogens with two attached hydrogens (primary N) is 1. The molecule has 1 aromatic heterocycles. The maximum Gasteiger partial charge on any atom is 0.416 e. The number of benzene rings is 1. The van der Waals surface area contributed by atoms with E-state index in [1.807, 2.05) is 0 Å². The summed E-state index contributed by atoms with van der Waals surface area (Å²) in [6.45, 7) is 0.0151. The van der Waals surface area contributed by atoms with Crippen LogP contribution in [-0.4, -0.2) is 14.9 Å². The zero-order valence-corrected chi connectivity index (χ0v) is 11.0. The van der Waals surface area contributed by atoms with Gasteiger partial charge in [0.1, 0.15) is 6.20 Å². The molecule has 0 radical (unpaired) electrons. The Morgan fingerprint density at radius 2 is 2.09 bits per heavy atom. The molecule has 0 saturated carbocycles. The molecule has 0 fully saturated rings. The highest BCUT2D eigenvalue weighted by Gasteiger charge is 2.30. The molecular weight excluding hydrogens is 303 g/mol. The van der Waals surface area contributed by atoms with Crippen LogP contribution in [0.3, 0.4) is 0 Å². The van der Waals surface area contributed by atoms with Crippen molar-refractivity contribution in [2.24, 2.45) is 0 Å². The van der Waals surface area contributed by atoms with Gasteiger partial charge >= 0.3 is 11.9 Å². The van der Waals surface area contributed by atoms with Gasteiger partial charge in [-0.3, -0.25) is 10.1 Å². The molecule has 22 heavy (non-hydrogen) atoms. The number of rotatable bonds is 4. The van der Waals surface area contributed by atoms with Gasteiger partial charge in [-0.05, 0) is 17.7 Å². The highest BCUT2D eigenvalue weighted by molar-refractivity contribution is 5.53. The first-order valence-electron chi connectivity index (χ1n) is 5.94. The summed E-state index contributed by atoms with van der Waals surface area (Å²) in [5, 5.41) is 13.2. The van der Waals surface area contributed by atoms with Crippen LogP contribution in [0.5, 0.6) is 0 Å². The van der Waals surface area contributed by atoms with Gasteiger partial charge in [0.2, 0.25) is 11.8 Å². The number of nitro groups is 1. The highest BCUT2D eigenvalue weighted by Crippen LogP contribution is 2.29. The summed E-state index contributed by atoms with van der Waals surface area (Å²) in [6.07, 6.45) is -3.50. The molecule has 0 bridgehead atoms. The van der Waals surface area contributed by atoms with Gasteiger partial charge < -0.3 is 11.1 Å². The van der Waals surface area contributed by atoms with Crippen LogP contribution in [0, 0.1) is 10.1 Å². The van der Waals surface area contributed by atoms with Crippen molar-refractivity contribution in [3.8, 4) is 0 Å². The first-order chi connectivity index (χ1) is 10.3. The van der Waals surface area contributed by atoms with Crippen LogP contribution in [0.15, 0.2) is 30.5 Å². The second-order valence-corrected chi connectivity index (χ2v) is 4.27. The normalized spacial score (nSPS) is 11.2. The summed E-state index contributed by atoms with van der Waals surface area (Å²) in [5.41, 5.74) is 4.54. The van der Waals surface area contributed by atoms with E-state index >= 15 is 0 Å². The van der Waals surface area contributed by atoms with Crippen LogP contribution in [0.2, 0.25) is 0 Å². The summed E-state index contributed by atoms with van der Waals surface area (Å²) in [4.78, 5) is 17.2. The highest BCUT2D eigenvalue weighted by atomic mass is 19.4. The van der Waals surface area contributed by atoms with Crippen molar-refractivity contribution in [2.75, 3.05) is 11.1 Å². The minimum atomic E-state index is -4.43. The number of aromatic nitrogens is 2.